The quantitative estimate of drug-likeness (QED) is 0.411. The Balaban J connectivity index is 1.38. The second-order valence-corrected chi connectivity index (χ2v) is 7.51. The molecule has 4 aromatic rings. The van der Waals surface area contributed by atoms with E-state index in [-0.39, 0.29) is 5.91 Å². The smallest absolute Gasteiger partial charge is 0.248 e. The number of amides is 1. The van der Waals surface area contributed by atoms with E-state index in [1.807, 2.05) is 60.8 Å². The van der Waals surface area contributed by atoms with Crippen LogP contribution in [0.15, 0.2) is 77.0 Å². The summed E-state index contributed by atoms with van der Waals surface area (Å²) in [7, 11) is 0. The molecular formula is C23H19N3O3S. The van der Waals surface area contributed by atoms with Crippen LogP contribution in [0.5, 0.6) is 5.75 Å². The zero-order valence-corrected chi connectivity index (χ0v) is 17.1. The van der Waals surface area contributed by atoms with Crippen LogP contribution in [0.1, 0.15) is 16.3 Å². The molecule has 2 heterocycles. The molecule has 150 valence electrons. The van der Waals surface area contributed by atoms with E-state index in [4.69, 9.17) is 9.15 Å². The van der Waals surface area contributed by atoms with Crippen molar-refractivity contribution in [1.82, 2.24) is 9.97 Å². The van der Waals surface area contributed by atoms with Crippen LogP contribution >= 0.6 is 11.3 Å². The highest BCUT2D eigenvalue weighted by atomic mass is 32.1. The molecule has 0 fully saturated rings. The molecule has 0 saturated heterocycles. The van der Waals surface area contributed by atoms with Crippen molar-refractivity contribution in [2.75, 3.05) is 5.32 Å². The van der Waals surface area contributed by atoms with Gasteiger partial charge in [0.1, 0.15) is 12.4 Å². The number of anilines is 1. The van der Waals surface area contributed by atoms with Crippen LogP contribution in [0.4, 0.5) is 5.69 Å². The van der Waals surface area contributed by atoms with Crippen molar-refractivity contribution < 1.29 is 13.9 Å². The molecule has 2 aromatic heterocycles. The van der Waals surface area contributed by atoms with Crippen LogP contribution in [-0.2, 0) is 11.4 Å². The summed E-state index contributed by atoms with van der Waals surface area (Å²) in [5.74, 6) is 1.15. The number of nitrogens with one attached hydrogen (secondary N) is 1. The predicted molar refractivity (Wildman–Crippen MR) is 117 cm³/mol. The third-order valence-electron chi connectivity index (χ3n) is 4.24. The first kappa shape index (κ1) is 19.6. The molecule has 6 nitrogen and oxygen atoms in total. The van der Waals surface area contributed by atoms with Crippen LogP contribution in [0.2, 0.25) is 0 Å². The summed E-state index contributed by atoms with van der Waals surface area (Å²) in [4.78, 5) is 20.6. The molecule has 30 heavy (non-hydrogen) atoms. The first-order chi connectivity index (χ1) is 14.7. The number of para-hydroxylation sites is 1. The fourth-order valence-electron chi connectivity index (χ4n) is 2.80. The first-order valence-electron chi connectivity index (χ1n) is 9.28. The number of rotatable bonds is 7. The molecule has 0 aliphatic rings. The number of thiazole rings is 1. The molecule has 7 heteroatoms. The standard InChI is InChI=1S/C23H19N3O3S/c1-16-25-20(14-30-16)13-28-21-5-3-2-4-17(21)8-11-23(27)26-19-9-6-18(7-10-19)22-12-24-15-29-22/h2-12,14-15H,13H2,1H3,(H,26,27)/b11-8+. The molecule has 1 amide bonds. The van der Waals surface area contributed by atoms with Gasteiger partial charge >= 0.3 is 0 Å². The number of carbonyl (C=O) groups excluding carboxylic acids is 1. The highest BCUT2D eigenvalue weighted by Gasteiger charge is 2.05. The number of oxazole rings is 1. The van der Waals surface area contributed by atoms with Gasteiger partial charge in [-0.2, -0.15) is 0 Å². The lowest BCUT2D eigenvalue weighted by molar-refractivity contribution is -0.111. The Morgan fingerprint density at radius 3 is 2.77 bits per heavy atom. The lowest BCUT2D eigenvalue weighted by Crippen LogP contribution is -2.07. The largest absolute Gasteiger partial charge is 0.487 e. The molecule has 4 rings (SSSR count). The second-order valence-electron chi connectivity index (χ2n) is 6.45. The minimum Gasteiger partial charge on any atom is -0.487 e. The van der Waals surface area contributed by atoms with Gasteiger partial charge in [0, 0.05) is 28.3 Å². The number of aromatic nitrogens is 2. The predicted octanol–water partition coefficient (Wildman–Crippen LogP) is 5.34. The van der Waals surface area contributed by atoms with Gasteiger partial charge in [0.15, 0.2) is 12.2 Å². The van der Waals surface area contributed by atoms with Crippen molar-refractivity contribution >= 4 is 29.0 Å². The highest BCUT2D eigenvalue weighted by Crippen LogP contribution is 2.22. The zero-order valence-electron chi connectivity index (χ0n) is 16.2. The van der Waals surface area contributed by atoms with Gasteiger partial charge < -0.3 is 14.5 Å². The topological polar surface area (TPSA) is 77.2 Å². The van der Waals surface area contributed by atoms with Crippen molar-refractivity contribution in [3.63, 3.8) is 0 Å². The molecule has 0 atom stereocenters. The molecule has 0 aliphatic heterocycles. The first-order valence-corrected chi connectivity index (χ1v) is 10.2. The minimum atomic E-state index is -0.229. The van der Waals surface area contributed by atoms with Gasteiger partial charge in [-0.25, -0.2) is 9.97 Å². The number of hydrogen-bond acceptors (Lipinski definition) is 6. The van der Waals surface area contributed by atoms with Crippen molar-refractivity contribution in [1.29, 1.82) is 0 Å². The number of benzene rings is 2. The maximum Gasteiger partial charge on any atom is 0.248 e. The monoisotopic (exact) mass is 417 g/mol. The van der Waals surface area contributed by atoms with Gasteiger partial charge in [0.05, 0.1) is 16.9 Å². The van der Waals surface area contributed by atoms with Gasteiger partial charge in [-0.15, -0.1) is 11.3 Å². The molecule has 0 bridgehead atoms. The van der Waals surface area contributed by atoms with Crippen molar-refractivity contribution in [3.8, 4) is 17.1 Å². The van der Waals surface area contributed by atoms with Gasteiger partial charge in [0.2, 0.25) is 5.91 Å². The molecular weight excluding hydrogens is 398 g/mol. The average Bonchev–Trinajstić information content (AvgIpc) is 3.44. The summed E-state index contributed by atoms with van der Waals surface area (Å²) < 4.78 is 11.1. The molecule has 1 N–H and O–H groups in total. The Morgan fingerprint density at radius 2 is 2.03 bits per heavy atom. The molecule has 0 spiro atoms. The van der Waals surface area contributed by atoms with Crippen molar-refractivity contribution in [2.24, 2.45) is 0 Å². The van der Waals surface area contributed by atoms with Crippen LogP contribution in [-0.4, -0.2) is 15.9 Å². The van der Waals surface area contributed by atoms with Gasteiger partial charge in [0.25, 0.3) is 0 Å². The lowest BCUT2D eigenvalue weighted by Gasteiger charge is -2.08. The summed E-state index contributed by atoms with van der Waals surface area (Å²) in [6, 6.07) is 14.9. The second kappa shape index (κ2) is 9.19. The van der Waals surface area contributed by atoms with E-state index in [0.717, 1.165) is 21.8 Å². The SMILES string of the molecule is Cc1nc(COc2ccccc2/C=C/C(=O)Nc2ccc(-c3cnco3)cc2)cs1. The number of aryl methyl sites for hydroxylation is 1. The van der Waals surface area contributed by atoms with Gasteiger partial charge in [-0.1, -0.05) is 18.2 Å². The van der Waals surface area contributed by atoms with Crippen LogP contribution in [0, 0.1) is 6.92 Å². The number of carbonyl (C=O) groups is 1. The maximum atomic E-state index is 12.3. The highest BCUT2D eigenvalue weighted by molar-refractivity contribution is 7.09. The van der Waals surface area contributed by atoms with E-state index in [0.29, 0.717) is 23.8 Å². The van der Waals surface area contributed by atoms with E-state index < -0.39 is 0 Å². The number of nitrogens with zero attached hydrogens (tertiary/aromatic N) is 2. The summed E-state index contributed by atoms with van der Waals surface area (Å²) >= 11 is 1.59. The molecule has 2 aromatic carbocycles. The maximum absolute atomic E-state index is 12.3. The van der Waals surface area contributed by atoms with Crippen LogP contribution in [0.3, 0.4) is 0 Å². The Labute approximate surface area is 177 Å². The summed E-state index contributed by atoms with van der Waals surface area (Å²) in [6.45, 7) is 2.35. The zero-order chi connectivity index (χ0) is 20.8. The summed E-state index contributed by atoms with van der Waals surface area (Å²) in [6.07, 6.45) is 6.25. The van der Waals surface area contributed by atoms with Crippen LogP contribution < -0.4 is 10.1 Å². The summed E-state index contributed by atoms with van der Waals surface area (Å²) in [5.41, 5.74) is 3.29. The number of hydrogen-bond donors (Lipinski definition) is 1. The Morgan fingerprint density at radius 1 is 1.20 bits per heavy atom. The molecule has 0 aliphatic carbocycles. The summed E-state index contributed by atoms with van der Waals surface area (Å²) in [5, 5.41) is 5.83. The fourth-order valence-corrected chi connectivity index (χ4v) is 3.40. The van der Waals surface area contributed by atoms with Gasteiger partial charge in [-0.05, 0) is 43.3 Å². The molecule has 0 radical (unpaired) electrons. The third kappa shape index (κ3) is 5.01. The van der Waals surface area contributed by atoms with Crippen LogP contribution in [0.25, 0.3) is 17.4 Å². The van der Waals surface area contributed by atoms with E-state index in [9.17, 15) is 4.79 Å². The normalized spacial score (nSPS) is 11.0. The third-order valence-corrected chi connectivity index (χ3v) is 5.07. The number of ether oxygens (including phenoxy) is 1. The Hall–Kier alpha value is -3.71. The van der Waals surface area contributed by atoms with Crippen molar-refractivity contribution in [2.45, 2.75) is 13.5 Å². The van der Waals surface area contributed by atoms with E-state index in [1.165, 1.54) is 12.5 Å². The lowest BCUT2D eigenvalue weighted by atomic mass is 10.1. The average molecular weight is 417 g/mol. The Bertz CT molecular complexity index is 1150. The van der Waals surface area contributed by atoms with Gasteiger partial charge in [-0.3, -0.25) is 4.79 Å². The minimum absolute atomic E-state index is 0.229. The van der Waals surface area contributed by atoms with E-state index >= 15 is 0 Å². The fraction of sp³-hybridized carbons (Fsp3) is 0.0870. The van der Waals surface area contributed by atoms with E-state index in [2.05, 4.69) is 15.3 Å². The Kier molecular flexibility index (Phi) is 6.01. The van der Waals surface area contributed by atoms with E-state index in [1.54, 1.807) is 23.6 Å². The van der Waals surface area contributed by atoms with Crippen molar-refractivity contribution in [3.05, 3.63) is 88.8 Å². The molecule has 0 saturated carbocycles. The molecule has 0 unspecified atom stereocenters.